The summed E-state index contributed by atoms with van der Waals surface area (Å²) >= 11 is 1.25. The van der Waals surface area contributed by atoms with E-state index in [2.05, 4.69) is 4.99 Å². The second kappa shape index (κ2) is 13.1. The number of thiazole rings is 1. The van der Waals surface area contributed by atoms with Gasteiger partial charge in [0.1, 0.15) is 18.1 Å². The Morgan fingerprint density at radius 2 is 1.75 bits per heavy atom. The van der Waals surface area contributed by atoms with Gasteiger partial charge in [0.15, 0.2) is 4.80 Å². The Morgan fingerprint density at radius 1 is 1.05 bits per heavy atom. The van der Waals surface area contributed by atoms with Gasteiger partial charge < -0.3 is 19.3 Å². The summed E-state index contributed by atoms with van der Waals surface area (Å²) in [4.78, 5) is 43.3. The first-order valence-electron chi connectivity index (χ1n) is 14.2. The highest BCUT2D eigenvalue weighted by Gasteiger charge is 2.33. The number of carbonyl (C=O) groups excluding carboxylic acids is 1. The van der Waals surface area contributed by atoms with Crippen LogP contribution in [0.4, 0.5) is 0 Å². The van der Waals surface area contributed by atoms with Crippen molar-refractivity contribution >= 4 is 29.4 Å². The summed E-state index contributed by atoms with van der Waals surface area (Å²) in [5.74, 6) is -0.213. The molecule has 0 aliphatic carbocycles. The number of ether oxygens (including phenoxy) is 3. The van der Waals surface area contributed by atoms with E-state index >= 15 is 0 Å². The predicted molar refractivity (Wildman–Crippen MR) is 167 cm³/mol. The molecule has 44 heavy (non-hydrogen) atoms. The van der Waals surface area contributed by atoms with Gasteiger partial charge in [-0.2, -0.15) is 0 Å². The average Bonchev–Trinajstić information content (AvgIpc) is 3.30. The maximum atomic E-state index is 13.9. The number of carboxylic acid groups (broad SMARTS) is 1. The maximum absolute atomic E-state index is 13.9. The van der Waals surface area contributed by atoms with Crippen molar-refractivity contribution in [3.63, 3.8) is 0 Å². The lowest BCUT2D eigenvalue weighted by Crippen LogP contribution is -2.39. The van der Waals surface area contributed by atoms with Gasteiger partial charge in [0.2, 0.25) is 0 Å². The van der Waals surface area contributed by atoms with Crippen LogP contribution in [0.5, 0.6) is 11.5 Å². The van der Waals surface area contributed by atoms with E-state index in [-0.39, 0.29) is 30.4 Å². The smallest absolute Gasteiger partial charge is 0.338 e. The molecule has 226 valence electrons. The molecule has 0 fully saturated rings. The van der Waals surface area contributed by atoms with Crippen molar-refractivity contribution < 1.29 is 28.9 Å². The highest BCUT2D eigenvalue weighted by molar-refractivity contribution is 7.07. The van der Waals surface area contributed by atoms with Gasteiger partial charge in [-0.3, -0.25) is 9.36 Å². The first-order chi connectivity index (χ1) is 21.1. The first kappa shape index (κ1) is 30.5. The normalized spacial score (nSPS) is 14.7. The summed E-state index contributed by atoms with van der Waals surface area (Å²) in [6.07, 6.45) is 1.79. The molecular weight excluding hydrogens is 580 g/mol. The molecule has 9 nitrogen and oxygen atoms in total. The van der Waals surface area contributed by atoms with Crippen LogP contribution in [0.25, 0.3) is 6.08 Å². The molecule has 0 amide bonds. The van der Waals surface area contributed by atoms with Gasteiger partial charge in [0.05, 0.1) is 40.1 Å². The van der Waals surface area contributed by atoms with Gasteiger partial charge in [-0.25, -0.2) is 14.6 Å². The predicted octanol–water partition coefficient (Wildman–Crippen LogP) is 4.86. The van der Waals surface area contributed by atoms with E-state index in [9.17, 15) is 19.5 Å². The summed E-state index contributed by atoms with van der Waals surface area (Å²) < 4.78 is 19.0. The van der Waals surface area contributed by atoms with Crippen molar-refractivity contribution in [2.75, 3.05) is 6.61 Å². The van der Waals surface area contributed by atoms with Crippen molar-refractivity contribution in [3.05, 3.63) is 126 Å². The molecule has 1 atom stereocenters. The molecule has 5 rings (SSSR count). The monoisotopic (exact) mass is 612 g/mol. The summed E-state index contributed by atoms with van der Waals surface area (Å²) in [5, 5.41) is 9.20. The third kappa shape index (κ3) is 6.65. The minimum absolute atomic E-state index is 0.00673. The van der Waals surface area contributed by atoms with Crippen LogP contribution in [-0.2, 0) is 16.1 Å². The topological polar surface area (TPSA) is 116 Å². The molecule has 3 aromatic carbocycles. The lowest BCUT2D eigenvalue weighted by molar-refractivity contribution is -0.139. The van der Waals surface area contributed by atoms with E-state index in [4.69, 9.17) is 14.2 Å². The minimum Gasteiger partial charge on any atom is -0.491 e. The van der Waals surface area contributed by atoms with E-state index in [1.165, 1.54) is 17.4 Å². The second-order valence-corrected chi connectivity index (χ2v) is 11.4. The number of fused-ring (bicyclic) bond motifs is 1. The zero-order valence-corrected chi connectivity index (χ0v) is 25.6. The van der Waals surface area contributed by atoms with Gasteiger partial charge in [-0.1, -0.05) is 47.7 Å². The second-order valence-electron chi connectivity index (χ2n) is 10.4. The Kier molecular flexibility index (Phi) is 9.10. The zero-order chi connectivity index (χ0) is 31.4. The Morgan fingerprint density at radius 3 is 2.41 bits per heavy atom. The number of hydrogen-bond acceptors (Lipinski definition) is 8. The van der Waals surface area contributed by atoms with E-state index < -0.39 is 18.0 Å². The van der Waals surface area contributed by atoms with E-state index in [0.29, 0.717) is 32.1 Å². The summed E-state index contributed by atoms with van der Waals surface area (Å²) in [6, 6.07) is 20.5. The number of aromatic nitrogens is 1. The number of allylic oxidation sites excluding steroid dienone is 1. The van der Waals surface area contributed by atoms with E-state index in [0.717, 1.165) is 16.7 Å². The number of esters is 1. The number of hydrogen-bond donors (Lipinski definition) is 1. The number of nitrogens with zero attached hydrogens (tertiary/aromatic N) is 2. The van der Waals surface area contributed by atoms with E-state index in [1.807, 2.05) is 50.2 Å². The van der Waals surface area contributed by atoms with Crippen LogP contribution in [0.1, 0.15) is 60.8 Å². The summed E-state index contributed by atoms with van der Waals surface area (Å²) in [7, 11) is 0. The fourth-order valence-electron chi connectivity index (χ4n) is 4.88. The van der Waals surface area contributed by atoms with Gasteiger partial charge in [0, 0.05) is 0 Å². The summed E-state index contributed by atoms with van der Waals surface area (Å²) in [6.45, 7) is 7.79. The minimum atomic E-state index is -0.991. The van der Waals surface area contributed by atoms with Crippen LogP contribution in [0, 0.1) is 0 Å². The molecule has 4 aromatic rings. The third-order valence-electron chi connectivity index (χ3n) is 6.84. The molecule has 1 aromatic heterocycles. The lowest BCUT2D eigenvalue weighted by Gasteiger charge is -2.25. The SMILES string of the molecule is CCOC(=O)C1=C(C)N=c2s/c(=C\c3ccc(OCc4cccc(C(=O)O)c4)cc3)c(=O)n2[C@H]1c1ccc(OC(C)C)cc1. The van der Waals surface area contributed by atoms with E-state index in [1.54, 1.807) is 54.8 Å². The van der Waals surface area contributed by atoms with Gasteiger partial charge in [0.25, 0.3) is 5.56 Å². The Hall–Kier alpha value is -4.96. The number of aromatic carboxylic acids is 1. The molecule has 0 bridgehead atoms. The maximum Gasteiger partial charge on any atom is 0.338 e. The quantitative estimate of drug-likeness (QED) is 0.254. The van der Waals surface area contributed by atoms with Crippen LogP contribution in [0.2, 0.25) is 0 Å². The standard InChI is InChI=1S/C34H32N2O7S/c1-5-41-33(40)29-21(4)35-34-36(30(29)24-11-15-27(16-12-24)43-20(2)3)31(37)28(44-34)18-22-9-13-26(14-10-22)42-19-23-7-6-8-25(17-23)32(38)39/h6-18,20,30H,5,19H2,1-4H3,(H,38,39)/b28-18-/t30-/m0/s1. The molecule has 2 heterocycles. The number of rotatable bonds is 10. The Labute approximate surface area is 258 Å². The first-order valence-corrected chi connectivity index (χ1v) is 15.0. The van der Waals surface area contributed by atoms with Crippen LogP contribution in [-0.4, -0.2) is 34.3 Å². The third-order valence-corrected chi connectivity index (χ3v) is 7.82. The molecule has 0 spiro atoms. The molecule has 1 aliphatic heterocycles. The average molecular weight is 613 g/mol. The van der Waals surface area contributed by atoms with Crippen LogP contribution < -0.4 is 24.4 Å². The van der Waals surface area contributed by atoms with Crippen molar-refractivity contribution in [1.82, 2.24) is 4.57 Å². The molecular formula is C34H32N2O7S. The fraction of sp³-hybridized carbons (Fsp3) is 0.235. The highest BCUT2D eigenvalue weighted by Crippen LogP contribution is 2.31. The van der Waals surface area contributed by atoms with Crippen LogP contribution in [0.3, 0.4) is 0 Å². The molecule has 0 saturated carbocycles. The van der Waals surface area contributed by atoms with Crippen molar-refractivity contribution in [2.24, 2.45) is 4.99 Å². The lowest BCUT2D eigenvalue weighted by atomic mass is 9.96. The Bertz CT molecular complexity index is 1900. The van der Waals surface area contributed by atoms with Crippen LogP contribution >= 0.6 is 11.3 Å². The largest absolute Gasteiger partial charge is 0.491 e. The molecule has 10 heteroatoms. The molecule has 0 radical (unpaired) electrons. The van der Waals surface area contributed by atoms with Crippen molar-refractivity contribution in [1.29, 1.82) is 0 Å². The Balaban J connectivity index is 1.46. The van der Waals surface area contributed by atoms with Gasteiger partial charge >= 0.3 is 11.9 Å². The number of carboxylic acids is 1. The fourth-order valence-corrected chi connectivity index (χ4v) is 5.93. The van der Waals surface area contributed by atoms with Crippen molar-refractivity contribution in [3.8, 4) is 11.5 Å². The van der Waals surface area contributed by atoms with Crippen molar-refractivity contribution in [2.45, 2.75) is 46.4 Å². The number of benzene rings is 3. The highest BCUT2D eigenvalue weighted by atomic mass is 32.1. The molecule has 1 N–H and O–H groups in total. The molecule has 1 aliphatic rings. The van der Waals surface area contributed by atoms with Gasteiger partial charge in [-0.15, -0.1) is 0 Å². The molecule has 0 unspecified atom stereocenters. The summed E-state index contributed by atoms with van der Waals surface area (Å²) in [5.41, 5.74) is 3.01. The van der Waals surface area contributed by atoms with Crippen LogP contribution in [0.15, 0.2) is 93.9 Å². The molecule has 0 saturated heterocycles. The number of carbonyl (C=O) groups is 2. The zero-order valence-electron chi connectivity index (χ0n) is 24.8. The van der Waals surface area contributed by atoms with Gasteiger partial charge in [-0.05, 0) is 86.9 Å².